The molecule has 2 heterocycles. The minimum Gasteiger partial charge on any atom is -0.229 e. The molecule has 8 heteroatoms. The van der Waals surface area contributed by atoms with E-state index < -0.39 is 25.9 Å². The van der Waals surface area contributed by atoms with E-state index in [0.717, 1.165) is 11.3 Å². The summed E-state index contributed by atoms with van der Waals surface area (Å²) in [6.45, 7) is 1.97. The van der Waals surface area contributed by atoms with E-state index in [1.165, 1.54) is 22.7 Å². The van der Waals surface area contributed by atoms with Gasteiger partial charge in [-0.05, 0) is 25.0 Å². The van der Waals surface area contributed by atoms with Crippen molar-refractivity contribution in [2.75, 3.05) is 18.6 Å². The van der Waals surface area contributed by atoms with Gasteiger partial charge in [0.25, 0.3) is 10.0 Å². The summed E-state index contributed by atoms with van der Waals surface area (Å²) in [6, 6.07) is 2.96. The van der Waals surface area contributed by atoms with E-state index in [-0.39, 0.29) is 15.7 Å². The van der Waals surface area contributed by atoms with Crippen LogP contribution < -0.4 is 0 Å². The summed E-state index contributed by atoms with van der Waals surface area (Å²) in [6.07, 6.45) is 1.17. The van der Waals surface area contributed by atoms with Crippen LogP contribution in [0.3, 0.4) is 0 Å². The summed E-state index contributed by atoms with van der Waals surface area (Å²) in [5, 5.41) is 0. The molecule has 0 aromatic carbocycles. The van der Waals surface area contributed by atoms with Crippen LogP contribution in [0, 0.1) is 0 Å². The van der Waals surface area contributed by atoms with Crippen molar-refractivity contribution in [3.05, 3.63) is 17.0 Å². The first-order chi connectivity index (χ1) is 8.76. The van der Waals surface area contributed by atoms with Crippen molar-refractivity contribution in [2.24, 2.45) is 0 Å². The molecule has 2 rings (SSSR count). The second-order valence-electron chi connectivity index (χ2n) is 4.65. The predicted octanol–water partition coefficient (Wildman–Crippen LogP) is 1.12. The number of hydrogen-bond acceptors (Lipinski definition) is 5. The first-order valence-corrected chi connectivity index (χ1v) is 10.1. The van der Waals surface area contributed by atoms with Crippen LogP contribution in [0.1, 0.15) is 18.2 Å². The monoisotopic (exact) mass is 323 g/mol. The Kier molecular flexibility index (Phi) is 4.06. The van der Waals surface area contributed by atoms with Crippen molar-refractivity contribution in [3.63, 3.8) is 0 Å². The number of sulfone groups is 1. The number of hydrogen-bond donors (Lipinski definition) is 0. The van der Waals surface area contributed by atoms with Crippen LogP contribution in [-0.4, -0.2) is 45.7 Å². The summed E-state index contributed by atoms with van der Waals surface area (Å²) in [5.74, 6) is -0.00306. The van der Waals surface area contributed by atoms with Crippen LogP contribution >= 0.6 is 11.3 Å². The lowest BCUT2D eigenvalue weighted by Gasteiger charge is -2.21. The van der Waals surface area contributed by atoms with Crippen molar-refractivity contribution in [2.45, 2.75) is 30.0 Å². The maximum Gasteiger partial charge on any atom is 0.252 e. The predicted molar refractivity (Wildman–Crippen MR) is 75.7 cm³/mol. The van der Waals surface area contributed by atoms with E-state index in [0.29, 0.717) is 6.42 Å². The lowest BCUT2D eigenvalue weighted by molar-refractivity contribution is 0.395. The Balaban J connectivity index is 2.25. The molecular formula is C11H17NO4S3. The molecule has 1 aliphatic rings. The smallest absolute Gasteiger partial charge is 0.229 e. The van der Waals surface area contributed by atoms with E-state index >= 15 is 0 Å². The molecule has 19 heavy (non-hydrogen) atoms. The molecule has 1 aromatic heterocycles. The lowest BCUT2D eigenvalue weighted by atomic mass is 10.3. The third kappa shape index (κ3) is 3.01. The fourth-order valence-corrected chi connectivity index (χ4v) is 6.82. The molecular weight excluding hydrogens is 306 g/mol. The van der Waals surface area contributed by atoms with Crippen molar-refractivity contribution in [3.8, 4) is 0 Å². The summed E-state index contributed by atoms with van der Waals surface area (Å²) in [4.78, 5) is 1.01. The summed E-state index contributed by atoms with van der Waals surface area (Å²) in [5.41, 5.74) is 0. The number of nitrogens with zero attached hydrogens (tertiary/aromatic N) is 1. The van der Waals surface area contributed by atoms with Crippen LogP contribution in [0.25, 0.3) is 0 Å². The maximum absolute atomic E-state index is 12.4. The Bertz CT molecular complexity index is 660. The van der Waals surface area contributed by atoms with E-state index in [4.69, 9.17) is 0 Å². The van der Waals surface area contributed by atoms with E-state index in [1.54, 1.807) is 12.1 Å². The first kappa shape index (κ1) is 15.0. The SMILES string of the molecule is CCc1ccc(S(=O)(=O)N(C)C2CCS(=O)(=O)C2)s1. The molecule has 1 atom stereocenters. The van der Waals surface area contributed by atoms with Gasteiger partial charge in [-0.1, -0.05) is 6.92 Å². The molecule has 1 aromatic rings. The van der Waals surface area contributed by atoms with Gasteiger partial charge < -0.3 is 0 Å². The Morgan fingerprint density at radius 3 is 2.58 bits per heavy atom. The number of aryl methyl sites for hydroxylation is 1. The van der Waals surface area contributed by atoms with E-state index in [2.05, 4.69) is 0 Å². The van der Waals surface area contributed by atoms with Crippen molar-refractivity contribution >= 4 is 31.2 Å². The molecule has 1 fully saturated rings. The molecule has 0 N–H and O–H groups in total. The molecule has 1 unspecified atom stereocenters. The summed E-state index contributed by atoms with van der Waals surface area (Å²) < 4.78 is 49.2. The van der Waals surface area contributed by atoms with Crippen molar-refractivity contribution < 1.29 is 16.8 Å². The minimum atomic E-state index is -3.57. The van der Waals surface area contributed by atoms with Crippen molar-refractivity contribution in [1.82, 2.24) is 4.31 Å². The summed E-state index contributed by atoms with van der Waals surface area (Å²) >= 11 is 1.25. The first-order valence-electron chi connectivity index (χ1n) is 6.03. The topological polar surface area (TPSA) is 71.5 Å². The zero-order valence-electron chi connectivity index (χ0n) is 10.9. The number of rotatable bonds is 4. The standard InChI is InChI=1S/C11H17NO4S3/c1-3-10-4-5-11(17-10)19(15,16)12(2)9-6-7-18(13,14)8-9/h4-5,9H,3,6-8H2,1-2H3. The average molecular weight is 323 g/mol. The van der Waals surface area contributed by atoms with Crippen LogP contribution in [-0.2, 0) is 26.3 Å². The zero-order valence-corrected chi connectivity index (χ0v) is 13.3. The fraction of sp³-hybridized carbons (Fsp3) is 0.636. The third-order valence-corrected chi connectivity index (χ3v) is 8.70. The van der Waals surface area contributed by atoms with Gasteiger partial charge >= 0.3 is 0 Å². The number of sulfonamides is 1. The largest absolute Gasteiger partial charge is 0.252 e. The highest BCUT2D eigenvalue weighted by Gasteiger charge is 2.36. The highest BCUT2D eigenvalue weighted by atomic mass is 32.2. The van der Waals surface area contributed by atoms with Gasteiger partial charge in [0.15, 0.2) is 9.84 Å². The normalized spacial score (nSPS) is 23.0. The molecule has 0 bridgehead atoms. The van der Waals surface area contributed by atoms with Gasteiger partial charge in [0.1, 0.15) is 4.21 Å². The van der Waals surface area contributed by atoms with Crippen LogP contribution in [0.2, 0.25) is 0 Å². The van der Waals surface area contributed by atoms with Gasteiger partial charge in [0, 0.05) is 18.0 Å². The van der Waals surface area contributed by atoms with E-state index in [1.807, 2.05) is 6.92 Å². The molecule has 0 saturated carbocycles. The Morgan fingerprint density at radius 1 is 1.42 bits per heavy atom. The fourth-order valence-electron chi connectivity index (χ4n) is 2.09. The lowest BCUT2D eigenvalue weighted by Crippen LogP contribution is -2.37. The zero-order chi connectivity index (χ0) is 14.3. The van der Waals surface area contributed by atoms with Gasteiger partial charge in [0.2, 0.25) is 0 Å². The number of thiophene rings is 1. The van der Waals surface area contributed by atoms with Crippen molar-refractivity contribution in [1.29, 1.82) is 0 Å². The molecule has 0 amide bonds. The molecule has 5 nitrogen and oxygen atoms in total. The quantitative estimate of drug-likeness (QED) is 0.832. The van der Waals surface area contributed by atoms with Gasteiger partial charge in [-0.3, -0.25) is 0 Å². The highest BCUT2D eigenvalue weighted by Crippen LogP contribution is 2.28. The Morgan fingerprint density at radius 2 is 2.11 bits per heavy atom. The van der Waals surface area contributed by atoms with Gasteiger partial charge in [-0.25, -0.2) is 16.8 Å². The second-order valence-corrected chi connectivity index (χ2v) is 10.3. The molecule has 0 spiro atoms. The summed E-state index contributed by atoms with van der Waals surface area (Å²) in [7, 11) is -5.20. The van der Waals surface area contributed by atoms with Gasteiger partial charge in [0.05, 0.1) is 11.5 Å². The van der Waals surface area contributed by atoms with Crippen LogP contribution in [0.15, 0.2) is 16.3 Å². The molecule has 108 valence electrons. The molecule has 0 aliphatic carbocycles. The molecule has 1 saturated heterocycles. The Hall–Kier alpha value is -0.440. The third-order valence-electron chi connectivity index (χ3n) is 3.34. The molecule has 0 radical (unpaired) electrons. The Labute approximate surface area is 118 Å². The molecule has 1 aliphatic heterocycles. The maximum atomic E-state index is 12.4. The second kappa shape index (κ2) is 5.16. The highest BCUT2D eigenvalue weighted by molar-refractivity contribution is 7.92. The van der Waals surface area contributed by atoms with Gasteiger partial charge in [-0.2, -0.15) is 4.31 Å². The van der Waals surface area contributed by atoms with Crippen LogP contribution in [0.5, 0.6) is 0 Å². The van der Waals surface area contributed by atoms with Crippen LogP contribution in [0.4, 0.5) is 0 Å². The minimum absolute atomic E-state index is 0.0716. The average Bonchev–Trinajstić information content (AvgIpc) is 2.94. The van der Waals surface area contributed by atoms with E-state index in [9.17, 15) is 16.8 Å². The van der Waals surface area contributed by atoms with Gasteiger partial charge in [-0.15, -0.1) is 11.3 Å².